The number of benzene rings is 1. The molecule has 148 valence electrons. The molecule has 1 aromatic carbocycles. The number of piperidine rings is 1. The first-order valence-corrected chi connectivity index (χ1v) is 9.93. The quantitative estimate of drug-likeness (QED) is 0.762. The maximum absolute atomic E-state index is 12.8. The van der Waals surface area contributed by atoms with Crippen LogP contribution >= 0.6 is 0 Å². The van der Waals surface area contributed by atoms with Crippen LogP contribution in [0.1, 0.15) is 53.0 Å². The van der Waals surface area contributed by atoms with E-state index >= 15 is 0 Å². The van der Waals surface area contributed by atoms with E-state index in [1.54, 1.807) is 7.11 Å². The van der Waals surface area contributed by atoms with Crippen molar-refractivity contribution in [2.45, 2.75) is 65.1 Å². The minimum absolute atomic E-state index is 0.159. The zero-order valence-electron chi connectivity index (χ0n) is 17.5. The van der Waals surface area contributed by atoms with Gasteiger partial charge in [0.15, 0.2) is 0 Å². The summed E-state index contributed by atoms with van der Waals surface area (Å²) in [5.41, 5.74) is 1.02. The maximum Gasteiger partial charge on any atom is 0.494 e. The molecular weight excluding hydrogens is 341 g/mol. The van der Waals surface area contributed by atoms with Gasteiger partial charge in [-0.2, -0.15) is 0 Å². The molecule has 2 fully saturated rings. The molecule has 6 heteroatoms. The van der Waals surface area contributed by atoms with E-state index in [0.717, 1.165) is 42.7 Å². The summed E-state index contributed by atoms with van der Waals surface area (Å²) in [5.74, 6) is 1.59. The Morgan fingerprint density at radius 1 is 1.19 bits per heavy atom. The Bertz CT molecular complexity index is 679. The summed E-state index contributed by atoms with van der Waals surface area (Å²) in [4.78, 5) is 14.8. The van der Waals surface area contributed by atoms with Crippen molar-refractivity contribution in [2.24, 2.45) is 5.92 Å². The third kappa shape index (κ3) is 4.17. The molecule has 0 aliphatic carbocycles. The molecule has 0 bridgehead atoms. The van der Waals surface area contributed by atoms with Gasteiger partial charge in [0.1, 0.15) is 5.75 Å². The van der Waals surface area contributed by atoms with Crippen LogP contribution in [0, 0.1) is 5.92 Å². The van der Waals surface area contributed by atoms with Gasteiger partial charge in [0.05, 0.1) is 24.7 Å². The molecule has 27 heavy (non-hydrogen) atoms. The zero-order valence-corrected chi connectivity index (χ0v) is 17.5. The lowest BCUT2D eigenvalue weighted by atomic mass is 9.78. The fourth-order valence-electron chi connectivity index (χ4n) is 3.60. The molecule has 0 unspecified atom stereocenters. The van der Waals surface area contributed by atoms with E-state index in [4.69, 9.17) is 14.0 Å². The van der Waals surface area contributed by atoms with Crippen molar-refractivity contribution in [3.8, 4) is 5.75 Å². The molecular formula is C21H32BNO4. The number of carbonyl (C=O) groups is 1. The minimum Gasteiger partial charge on any atom is -0.496 e. The highest BCUT2D eigenvalue weighted by Gasteiger charge is 2.51. The topological polar surface area (TPSA) is 48.0 Å². The SMILES string of the molecule is COc1ccc(B2OC(C)(C)C(C)(C)O2)cc1CC(=O)N1CCC(C)CC1. The molecule has 2 heterocycles. The molecule has 2 aliphatic heterocycles. The fraction of sp³-hybridized carbons (Fsp3) is 0.667. The van der Waals surface area contributed by atoms with Crippen molar-refractivity contribution < 1.29 is 18.8 Å². The molecule has 2 aliphatic rings. The van der Waals surface area contributed by atoms with E-state index < -0.39 is 18.3 Å². The lowest BCUT2D eigenvalue weighted by Gasteiger charge is -2.32. The van der Waals surface area contributed by atoms with Crippen molar-refractivity contribution >= 4 is 18.5 Å². The molecule has 1 aromatic rings. The number of rotatable bonds is 4. The first-order chi connectivity index (χ1) is 12.6. The van der Waals surface area contributed by atoms with Crippen molar-refractivity contribution in [1.29, 1.82) is 0 Å². The number of methoxy groups -OCH3 is 1. The van der Waals surface area contributed by atoms with Gasteiger partial charge in [0.25, 0.3) is 0 Å². The lowest BCUT2D eigenvalue weighted by molar-refractivity contribution is -0.131. The van der Waals surface area contributed by atoms with Gasteiger partial charge in [-0.3, -0.25) is 4.79 Å². The number of nitrogens with zero attached hydrogens (tertiary/aromatic N) is 1. The summed E-state index contributed by atoms with van der Waals surface area (Å²) in [7, 11) is 1.20. The second kappa shape index (κ2) is 7.48. The maximum atomic E-state index is 12.8. The van der Waals surface area contributed by atoms with Crippen LogP contribution < -0.4 is 10.2 Å². The van der Waals surface area contributed by atoms with Gasteiger partial charge >= 0.3 is 7.12 Å². The van der Waals surface area contributed by atoms with Crippen LogP contribution in [-0.2, 0) is 20.5 Å². The van der Waals surface area contributed by atoms with Crippen LogP contribution in [0.15, 0.2) is 18.2 Å². The molecule has 0 atom stereocenters. The largest absolute Gasteiger partial charge is 0.496 e. The normalized spacial score (nSPS) is 22.1. The number of likely N-dealkylation sites (tertiary alicyclic amines) is 1. The van der Waals surface area contributed by atoms with Crippen molar-refractivity contribution in [2.75, 3.05) is 20.2 Å². The summed E-state index contributed by atoms with van der Waals surface area (Å²) in [6.07, 6.45) is 2.50. The molecule has 0 N–H and O–H groups in total. The molecule has 1 amide bonds. The van der Waals surface area contributed by atoms with Crippen molar-refractivity contribution in [1.82, 2.24) is 4.90 Å². The lowest BCUT2D eigenvalue weighted by Crippen LogP contribution is -2.41. The van der Waals surface area contributed by atoms with Crippen LogP contribution in [0.3, 0.4) is 0 Å². The van der Waals surface area contributed by atoms with E-state index in [1.165, 1.54) is 0 Å². The number of carbonyl (C=O) groups excluding carboxylic acids is 1. The van der Waals surface area contributed by atoms with Gasteiger partial charge in [-0.25, -0.2) is 0 Å². The smallest absolute Gasteiger partial charge is 0.494 e. The summed E-state index contributed by atoms with van der Waals surface area (Å²) >= 11 is 0. The third-order valence-electron chi connectivity index (χ3n) is 6.31. The molecule has 5 nitrogen and oxygen atoms in total. The molecule has 0 saturated carbocycles. The zero-order chi connectivity index (χ0) is 19.8. The van der Waals surface area contributed by atoms with Gasteiger partial charge < -0.3 is 18.9 Å². The molecule has 0 spiro atoms. The highest BCUT2D eigenvalue weighted by molar-refractivity contribution is 6.62. The molecule has 2 saturated heterocycles. The second-order valence-corrected chi connectivity index (χ2v) is 8.90. The van der Waals surface area contributed by atoms with E-state index in [2.05, 4.69) is 6.92 Å². The predicted molar refractivity (Wildman–Crippen MR) is 107 cm³/mol. The van der Waals surface area contributed by atoms with Crippen LogP contribution in [0.25, 0.3) is 0 Å². The van der Waals surface area contributed by atoms with E-state index in [0.29, 0.717) is 12.3 Å². The van der Waals surface area contributed by atoms with Gasteiger partial charge in [0, 0.05) is 18.7 Å². The number of amides is 1. The Morgan fingerprint density at radius 3 is 2.33 bits per heavy atom. The predicted octanol–water partition coefficient (Wildman–Crippen LogP) is 2.80. The third-order valence-corrected chi connectivity index (χ3v) is 6.31. The highest BCUT2D eigenvalue weighted by Crippen LogP contribution is 2.36. The number of hydrogen-bond donors (Lipinski definition) is 0. The monoisotopic (exact) mass is 373 g/mol. The summed E-state index contributed by atoms with van der Waals surface area (Å²) in [6, 6.07) is 5.85. The average molecular weight is 373 g/mol. The van der Waals surface area contributed by atoms with Gasteiger partial charge in [-0.1, -0.05) is 19.1 Å². The van der Waals surface area contributed by atoms with Crippen LogP contribution in [0.5, 0.6) is 5.75 Å². The van der Waals surface area contributed by atoms with Crippen LogP contribution in [0.2, 0.25) is 0 Å². The summed E-state index contributed by atoms with van der Waals surface area (Å²) in [6.45, 7) is 12.1. The van der Waals surface area contributed by atoms with Gasteiger partial charge in [-0.05, 0) is 58.0 Å². The summed E-state index contributed by atoms with van der Waals surface area (Å²) in [5, 5.41) is 0. The van der Waals surface area contributed by atoms with Crippen molar-refractivity contribution in [3.05, 3.63) is 23.8 Å². The second-order valence-electron chi connectivity index (χ2n) is 8.90. The average Bonchev–Trinajstić information content (AvgIpc) is 2.83. The molecule has 3 rings (SSSR count). The van der Waals surface area contributed by atoms with Crippen LogP contribution in [-0.4, -0.2) is 49.3 Å². The minimum atomic E-state index is -0.439. The Kier molecular flexibility index (Phi) is 5.60. The van der Waals surface area contributed by atoms with E-state index in [9.17, 15) is 4.79 Å². The van der Waals surface area contributed by atoms with Crippen LogP contribution in [0.4, 0.5) is 0 Å². The summed E-state index contributed by atoms with van der Waals surface area (Å²) < 4.78 is 17.8. The van der Waals surface area contributed by atoms with E-state index in [1.807, 2.05) is 50.8 Å². The fourth-order valence-corrected chi connectivity index (χ4v) is 3.60. The Labute approximate surface area is 163 Å². The first-order valence-electron chi connectivity index (χ1n) is 9.93. The standard InChI is InChI=1S/C21H32BNO4/c1-15-9-11-23(12-10-15)19(24)14-16-13-17(7-8-18(16)25-6)22-26-20(2,3)21(4,5)27-22/h7-8,13,15H,9-12,14H2,1-6H3. The van der Waals surface area contributed by atoms with Gasteiger partial charge in [-0.15, -0.1) is 0 Å². The Morgan fingerprint density at radius 2 is 1.78 bits per heavy atom. The van der Waals surface area contributed by atoms with Gasteiger partial charge in [0.2, 0.25) is 5.91 Å². The highest BCUT2D eigenvalue weighted by atomic mass is 16.7. The van der Waals surface area contributed by atoms with E-state index in [-0.39, 0.29) is 5.91 Å². The molecule has 0 aromatic heterocycles. The Balaban J connectivity index is 1.77. The first kappa shape index (κ1) is 20.2. The Hall–Kier alpha value is -1.53. The number of ether oxygens (including phenoxy) is 1. The number of hydrogen-bond acceptors (Lipinski definition) is 4. The van der Waals surface area contributed by atoms with Crippen molar-refractivity contribution in [3.63, 3.8) is 0 Å². The molecule has 0 radical (unpaired) electrons.